The predicted octanol–water partition coefficient (Wildman–Crippen LogP) is 6.47. The first-order valence-electron chi connectivity index (χ1n) is 9.04. The number of allylic oxidation sites excluding steroid dienone is 2. The van der Waals surface area contributed by atoms with Crippen LogP contribution in [-0.2, 0) is 6.42 Å². The van der Waals surface area contributed by atoms with E-state index in [9.17, 15) is 0 Å². The molecule has 0 aliphatic heterocycles. The Morgan fingerprint density at radius 1 is 0.680 bits per heavy atom. The van der Waals surface area contributed by atoms with Gasteiger partial charge in [0.05, 0.1) is 0 Å². The Balaban J connectivity index is 1.94. The third-order valence-electron chi connectivity index (χ3n) is 5.26. The van der Waals surface area contributed by atoms with E-state index in [-0.39, 0.29) is 0 Å². The Hall–Kier alpha value is -2.60. The molecule has 0 radical (unpaired) electrons. The van der Waals surface area contributed by atoms with E-state index in [1.54, 1.807) is 0 Å². The van der Waals surface area contributed by atoms with Crippen molar-refractivity contribution >= 4 is 5.57 Å². The van der Waals surface area contributed by atoms with Crippen molar-refractivity contribution in [2.45, 2.75) is 33.1 Å². The molecule has 0 aromatic heterocycles. The average molecular weight is 324 g/mol. The van der Waals surface area contributed by atoms with Gasteiger partial charge in [-0.2, -0.15) is 0 Å². The van der Waals surface area contributed by atoms with Crippen molar-refractivity contribution in [1.82, 2.24) is 0 Å². The maximum absolute atomic E-state index is 2.34. The predicted molar refractivity (Wildman–Crippen MR) is 107 cm³/mol. The van der Waals surface area contributed by atoms with Crippen LogP contribution in [0, 0.1) is 13.8 Å². The molecule has 0 saturated carbocycles. The van der Waals surface area contributed by atoms with E-state index >= 15 is 0 Å². The van der Waals surface area contributed by atoms with Crippen molar-refractivity contribution in [3.63, 3.8) is 0 Å². The number of hydrogen-bond donors (Lipinski definition) is 0. The highest BCUT2D eigenvalue weighted by molar-refractivity contribution is 5.83. The molecule has 0 N–H and O–H groups in total. The molecular weight excluding hydrogens is 300 g/mol. The van der Waals surface area contributed by atoms with Crippen molar-refractivity contribution in [3.05, 3.63) is 112 Å². The van der Waals surface area contributed by atoms with Gasteiger partial charge in [0, 0.05) is 5.92 Å². The molecule has 25 heavy (non-hydrogen) atoms. The second-order valence-electron chi connectivity index (χ2n) is 7.29. The van der Waals surface area contributed by atoms with Gasteiger partial charge in [0.1, 0.15) is 0 Å². The van der Waals surface area contributed by atoms with E-state index in [1.807, 2.05) is 0 Å². The lowest BCUT2D eigenvalue weighted by Crippen LogP contribution is -2.05. The molecule has 0 fully saturated rings. The molecule has 0 nitrogen and oxygen atoms in total. The number of rotatable bonds is 3. The van der Waals surface area contributed by atoms with E-state index in [0.29, 0.717) is 5.92 Å². The van der Waals surface area contributed by atoms with E-state index < -0.39 is 0 Å². The highest BCUT2D eigenvalue weighted by Gasteiger charge is 2.28. The largest absolute Gasteiger partial charge is 0.0641 e. The van der Waals surface area contributed by atoms with Crippen LogP contribution in [0.5, 0.6) is 0 Å². The normalized spacial score (nSPS) is 13.4. The fourth-order valence-corrected chi connectivity index (χ4v) is 4.18. The molecule has 1 aliphatic carbocycles. The van der Waals surface area contributed by atoms with Gasteiger partial charge in [0.15, 0.2) is 0 Å². The fourth-order valence-electron chi connectivity index (χ4n) is 4.18. The van der Waals surface area contributed by atoms with Gasteiger partial charge in [-0.25, -0.2) is 0 Å². The van der Waals surface area contributed by atoms with E-state index in [0.717, 1.165) is 6.42 Å². The zero-order valence-corrected chi connectivity index (χ0v) is 15.2. The van der Waals surface area contributed by atoms with Crippen molar-refractivity contribution < 1.29 is 0 Å². The summed E-state index contributed by atoms with van der Waals surface area (Å²) < 4.78 is 0. The zero-order chi connectivity index (χ0) is 17.4. The highest BCUT2D eigenvalue weighted by atomic mass is 14.3. The SMILES string of the molecule is CC1=C(C(c2cccc(C)c2)c2cccc(C)c2)c2ccccc2C1. The van der Waals surface area contributed by atoms with E-state index in [1.165, 1.54) is 44.5 Å². The summed E-state index contributed by atoms with van der Waals surface area (Å²) in [5, 5.41) is 0. The second-order valence-corrected chi connectivity index (χ2v) is 7.29. The van der Waals surface area contributed by atoms with Crippen molar-refractivity contribution in [1.29, 1.82) is 0 Å². The molecule has 0 heterocycles. The summed E-state index contributed by atoms with van der Waals surface area (Å²) in [7, 11) is 0. The summed E-state index contributed by atoms with van der Waals surface area (Å²) in [4.78, 5) is 0. The van der Waals surface area contributed by atoms with Crippen molar-refractivity contribution in [3.8, 4) is 0 Å². The average Bonchev–Trinajstić information content (AvgIpc) is 2.92. The van der Waals surface area contributed by atoms with Gasteiger partial charge >= 0.3 is 0 Å². The minimum atomic E-state index is 0.295. The lowest BCUT2D eigenvalue weighted by molar-refractivity contribution is 1.03. The third kappa shape index (κ3) is 2.93. The number of hydrogen-bond acceptors (Lipinski definition) is 0. The number of fused-ring (bicyclic) bond motifs is 1. The lowest BCUT2D eigenvalue weighted by Gasteiger charge is -2.23. The topological polar surface area (TPSA) is 0 Å². The molecule has 3 aromatic carbocycles. The van der Waals surface area contributed by atoms with Gasteiger partial charge in [-0.05, 0) is 55.0 Å². The lowest BCUT2D eigenvalue weighted by atomic mass is 9.80. The highest BCUT2D eigenvalue weighted by Crippen LogP contribution is 2.45. The number of aryl methyl sites for hydroxylation is 2. The van der Waals surface area contributed by atoms with Crippen LogP contribution < -0.4 is 0 Å². The molecule has 124 valence electrons. The second kappa shape index (κ2) is 6.37. The Labute approximate surface area is 150 Å². The molecule has 3 aromatic rings. The molecule has 0 atom stereocenters. The van der Waals surface area contributed by atoms with Gasteiger partial charge < -0.3 is 0 Å². The van der Waals surface area contributed by atoms with Crippen LogP contribution >= 0.6 is 0 Å². The molecule has 0 heteroatoms. The standard InChI is InChI=1S/C25H24/c1-17-8-6-11-21(14-17)25(22-12-7-9-18(2)15-22)24-19(3)16-20-10-4-5-13-23(20)24/h4-15,25H,16H2,1-3H3. The number of benzene rings is 3. The van der Waals surface area contributed by atoms with E-state index in [4.69, 9.17) is 0 Å². The van der Waals surface area contributed by atoms with Crippen molar-refractivity contribution in [2.24, 2.45) is 0 Å². The van der Waals surface area contributed by atoms with Crippen LogP contribution in [0.4, 0.5) is 0 Å². The van der Waals surface area contributed by atoms with Gasteiger partial charge in [0.2, 0.25) is 0 Å². The van der Waals surface area contributed by atoms with Gasteiger partial charge in [-0.15, -0.1) is 0 Å². The Bertz CT molecular complexity index is 914. The quantitative estimate of drug-likeness (QED) is 0.518. The van der Waals surface area contributed by atoms with Crippen molar-refractivity contribution in [2.75, 3.05) is 0 Å². The molecule has 0 unspecified atom stereocenters. The maximum atomic E-state index is 2.34. The minimum Gasteiger partial charge on any atom is -0.0641 e. The van der Waals surface area contributed by atoms with Crippen LogP contribution in [0.2, 0.25) is 0 Å². The summed E-state index contributed by atoms with van der Waals surface area (Å²) in [6, 6.07) is 26.9. The minimum absolute atomic E-state index is 0.295. The first kappa shape index (κ1) is 15.9. The maximum Gasteiger partial charge on any atom is 0.0345 e. The Kier molecular flexibility index (Phi) is 4.05. The van der Waals surface area contributed by atoms with Crippen LogP contribution in [0.15, 0.2) is 78.4 Å². The summed E-state index contributed by atoms with van der Waals surface area (Å²) in [5.74, 6) is 0.295. The Morgan fingerprint density at radius 3 is 1.88 bits per heavy atom. The van der Waals surface area contributed by atoms with Crippen LogP contribution in [0.3, 0.4) is 0 Å². The van der Waals surface area contributed by atoms with E-state index in [2.05, 4.69) is 93.6 Å². The molecular formula is C25H24. The molecule has 0 bridgehead atoms. The molecule has 0 amide bonds. The van der Waals surface area contributed by atoms with Gasteiger partial charge in [-0.3, -0.25) is 0 Å². The van der Waals surface area contributed by atoms with Crippen LogP contribution in [-0.4, -0.2) is 0 Å². The molecule has 0 spiro atoms. The molecule has 4 rings (SSSR count). The molecule has 1 aliphatic rings. The summed E-state index contributed by atoms with van der Waals surface area (Å²) in [6.07, 6.45) is 1.07. The monoisotopic (exact) mass is 324 g/mol. The summed E-state index contributed by atoms with van der Waals surface area (Å²) >= 11 is 0. The summed E-state index contributed by atoms with van der Waals surface area (Å²) in [5.41, 5.74) is 11.3. The fraction of sp³-hybridized carbons (Fsp3) is 0.200. The van der Waals surface area contributed by atoms with Gasteiger partial charge in [0.25, 0.3) is 0 Å². The summed E-state index contributed by atoms with van der Waals surface area (Å²) in [6.45, 7) is 6.66. The third-order valence-corrected chi connectivity index (χ3v) is 5.26. The zero-order valence-electron chi connectivity index (χ0n) is 15.2. The first-order chi connectivity index (χ1) is 12.1. The smallest absolute Gasteiger partial charge is 0.0345 e. The Morgan fingerprint density at radius 2 is 1.28 bits per heavy atom. The van der Waals surface area contributed by atoms with Crippen LogP contribution in [0.25, 0.3) is 5.57 Å². The first-order valence-corrected chi connectivity index (χ1v) is 9.04. The van der Waals surface area contributed by atoms with Gasteiger partial charge in [-0.1, -0.05) is 89.5 Å². The van der Waals surface area contributed by atoms with Crippen LogP contribution in [0.1, 0.15) is 46.2 Å². The molecule has 0 saturated heterocycles.